The van der Waals surface area contributed by atoms with Gasteiger partial charge < -0.3 is 9.80 Å². The van der Waals surface area contributed by atoms with Gasteiger partial charge in [-0.15, -0.1) is 0 Å². The van der Waals surface area contributed by atoms with Gasteiger partial charge in [0.25, 0.3) is 6.71 Å². The molecule has 15 rings (SSSR count). The molecular formula is C84H65BN2. The Kier molecular flexibility index (Phi) is 13.4. The minimum absolute atomic E-state index is 0.115. The van der Waals surface area contributed by atoms with E-state index in [0.717, 1.165) is 11.4 Å². The van der Waals surface area contributed by atoms with Crippen LogP contribution in [0.3, 0.4) is 0 Å². The van der Waals surface area contributed by atoms with Gasteiger partial charge in [0, 0.05) is 34.1 Å². The molecule has 0 aromatic heterocycles. The largest absolute Gasteiger partial charge is 0.311 e. The zero-order valence-electron chi connectivity index (χ0n) is 49.3. The summed E-state index contributed by atoms with van der Waals surface area (Å²) in [4.78, 5) is 5.16. The molecular weight excluding hydrogens is 1050 g/mol. The maximum atomic E-state index is 2.58. The highest BCUT2D eigenvalue weighted by Crippen LogP contribution is 2.51. The maximum absolute atomic E-state index is 2.58. The third-order valence-corrected chi connectivity index (χ3v) is 18.5. The van der Waals surface area contributed by atoms with Crippen LogP contribution in [-0.4, -0.2) is 6.71 Å². The van der Waals surface area contributed by atoms with Crippen molar-refractivity contribution >= 4 is 57.2 Å². The van der Waals surface area contributed by atoms with Crippen LogP contribution in [-0.2, 0) is 16.2 Å². The van der Waals surface area contributed by atoms with E-state index in [1.807, 2.05) is 0 Å². The van der Waals surface area contributed by atoms with Crippen LogP contribution in [0.25, 0.3) is 22.3 Å². The molecule has 2 aliphatic heterocycles. The molecule has 87 heavy (non-hydrogen) atoms. The van der Waals surface area contributed by atoms with E-state index in [9.17, 15) is 0 Å². The normalized spacial score (nSPS) is 12.7. The molecule has 414 valence electrons. The number of anilines is 6. The number of nitrogens with zero attached hydrogens (tertiary/aromatic N) is 2. The molecule has 0 aliphatic carbocycles. The lowest BCUT2D eigenvalue weighted by atomic mass is 9.33. The van der Waals surface area contributed by atoms with Crippen LogP contribution in [0, 0.1) is 0 Å². The number of hydrogen-bond donors (Lipinski definition) is 0. The van der Waals surface area contributed by atoms with Gasteiger partial charge in [0.2, 0.25) is 0 Å². The van der Waals surface area contributed by atoms with Crippen molar-refractivity contribution in [2.45, 2.75) is 37.0 Å². The van der Waals surface area contributed by atoms with E-state index >= 15 is 0 Å². The maximum Gasteiger partial charge on any atom is 0.252 e. The molecule has 0 radical (unpaired) electrons. The first-order valence-corrected chi connectivity index (χ1v) is 30.5. The lowest BCUT2D eigenvalue weighted by molar-refractivity contribution is 0.590. The zero-order valence-corrected chi connectivity index (χ0v) is 49.3. The van der Waals surface area contributed by atoms with Gasteiger partial charge in [0.1, 0.15) is 0 Å². The Morgan fingerprint density at radius 3 is 0.770 bits per heavy atom. The van der Waals surface area contributed by atoms with Crippen molar-refractivity contribution < 1.29 is 0 Å². The van der Waals surface area contributed by atoms with Crippen LogP contribution in [0.2, 0.25) is 0 Å². The van der Waals surface area contributed by atoms with Gasteiger partial charge in [-0.25, -0.2) is 0 Å². The fourth-order valence-electron chi connectivity index (χ4n) is 14.5. The summed E-state index contributed by atoms with van der Waals surface area (Å²) in [5, 5.41) is 0. The Hall–Kier alpha value is -10.5. The van der Waals surface area contributed by atoms with Gasteiger partial charge in [-0.05, 0) is 143 Å². The highest BCUT2D eigenvalue weighted by Gasteiger charge is 2.46. The van der Waals surface area contributed by atoms with Crippen LogP contribution < -0.4 is 26.2 Å². The molecule has 0 saturated carbocycles. The van der Waals surface area contributed by atoms with E-state index in [-0.39, 0.29) is 12.1 Å². The van der Waals surface area contributed by atoms with Crippen molar-refractivity contribution in [3.8, 4) is 22.3 Å². The van der Waals surface area contributed by atoms with Crippen LogP contribution in [0.4, 0.5) is 34.1 Å². The molecule has 2 aliphatic rings. The average Bonchev–Trinajstić information content (AvgIpc) is 0.843. The fourth-order valence-corrected chi connectivity index (χ4v) is 14.5. The summed E-state index contributed by atoms with van der Waals surface area (Å²) in [5.41, 5.74) is 25.1. The second-order valence-corrected chi connectivity index (χ2v) is 24.4. The third-order valence-electron chi connectivity index (χ3n) is 18.5. The van der Waals surface area contributed by atoms with E-state index < -0.39 is 10.8 Å². The molecule has 0 spiro atoms. The predicted octanol–water partition coefficient (Wildman–Crippen LogP) is 19.2. The smallest absolute Gasteiger partial charge is 0.252 e. The van der Waals surface area contributed by atoms with Gasteiger partial charge >= 0.3 is 0 Å². The van der Waals surface area contributed by atoms with E-state index in [1.54, 1.807) is 0 Å². The number of fused-ring (bicyclic) bond motifs is 4. The topological polar surface area (TPSA) is 6.48 Å². The monoisotopic (exact) mass is 1110 g/mol. The van der Waals surface area contributed by atoms with Crippen molar-refractivity contribution in [2.75, 3.05) is 9.80 Å². The van der Waals surface area contributed by atoms with E-state index in [1.165, 1.54) is 111 Å². The van der Waals surface area contributed by atoms with Gasteiger partial charge in [-0.1, -0.05) is 312 Å². The van der Waals surface area contributed by atoms with Gasteiger partial charge in [-0.3, -0.25) is 0 Å². The average molecular weight is 1110 g/mol. The minimum atomic E-state index is -0.595. The third kappa shape index (κ3) is 8.95. The predicted molar refractivity (Wildman–Crippen MR) is 367 cm³/mol. The lowest BCUT2D eigenvalue weighted by Crippen LogP contribution is -2.61. The summed E-state index contributed by atoms with van der Waals surface area (Å²) in [6, 6.07) is 127. The summed E-state index contributed by atoms with van der Waals surface area (Å²) in [6.45, 7) is 6.96. The Bertz CT molecular complexity index is 4070. The second kappa shape index (κ2) is 21.9. The molecule has 0 unspecified atom stereocenters. The SMILES string of the molecule is CC(C)(C)c1cc2c3c(c1)N(c1ccc(C(c4ccccc4)(c4ccccc4)c4ccccc4)cc1)c1ccc(-c4ccccc4)cc1B3c1cc(-c3ccccc3)ccc1N2c1ccc(C(c2ccccc2)(c2ccccc2)c2ccccc2)cc1. The van der Waals surface area contributed by atoms with E-state index in [0.29, 0.717) is 0 Å². The quantitative estimate of drug-likeness (QED) is 0.0889. The first kappa shape index (κ1) is 53.3. The summed E-state index contributed by atoms with van der Waals surface area (Å²) in [7, 11) is 0. The zero-order chi connectivity index (χ0) is 58.5. The Morgan fingerprint density at radius 2 is 0.494 bits per heavy atom. The van der Waals surface area contributed by atoms with Crippen LogP contribution in [0.1, 0.15) is 70.8 Å². The first-order valence-electron chi connectivity index (χ1n) is 30.5. The van der Waals surface area contributed by atoms with Crippen molar-refractivity contribution in [3.63, 3.8) is 0 Å². The van der Waals surface area contributed by atoms with Crippen molar-refractivity contribution in [3.05, 3.63) is 390 Å². The summed E-state index contributed by atoms with van der Waals surface area (Å²) >= 11 is 0. The van der Waals surface area contributed by atoms with Crippen LogP contribution >= 0.6 is 0 Å². The summed E-state index contributed by atoms with van der Waals surface area (Å²) < 4.78 is 0. The number of benzene rings is 13. The standard InChI is InChI=1S/C84H65BN2/c1-82(2,3)72-58-79-81-80(59-72)87(74-52-48-71(49-53-74)84(67-38-22-9-23-39-67,68-40-24-10-25-41-68)69-42-26-11-27-43-69)78-55-45-63(61-30-14-5-15-31-61)57-76(78)85(81)75-56-62(60-28-12-4-13-29-60)44-54-77(75)86(79)73-50-46-70(47-51-73)83(64-32-16-6-17-33-64,65-34-18-7-19-35-65)66-36-20-8-21-37-66/h4-59H,1-3H3. The Morgan fingerprint density at radius 1 is 0.230 bits per heavy atom. The highest BCUT2D eigenvalue weighted by atomic mass is 15.2. The van der Waals surface area contributed by atoms with Crippen LogP contribution in [0.5, 0.6) is 0 Å². The van der Waals surface area contributed by atoms with Gasteiger partial charge in [-0.2, -0.15) is 0 Å². The number of rotatable bonds is 12. The molecule has 13 aromatic rings. The molecule has 0 amide bonds. The van der Waals surface area contributed by atoms with Crippen molar-refractivity contribution in [1.82, 2.24) is 0 Å². The van der Waals surface area contributed by atoms with Gasteiger partial charge in [0.05, 0.1) is 10.8 Å². The van der Waals surface area contributed by atoms with Crippen LogP contribution in [0.15, 0.2) is 340 Å². The van der Waals surface area contributed by atoms with Gasteiger partial charge in [0.15, 0.2) is 0 Å². The molecule has 0 saturated heterocycles. The molecule has 2 heterocycles. The molecule has 0 fully saturated rings. The molecule has 0 atom stereocenters. The number of hydrogen-bond acceptors (Lipinski definition) is 2. The Labute approximate surface area is 513 Å². The lowest BCUT2D eigenvalue weighted by Gasteiger charge is -2.45. The van der Waals surface area contributed by atoms with E-state index in [2.05, 4.69) is 370 Å². The molecule has 2 nitrogen and oxygen atoms in total. The fraction of sp³-hybridized carbons (Fsp3) is 0.0714. The molecule has 0 N–H and O–H groups in total. The molecule has 0 bridgehead atoms. The highest BCUT2D eigenvalue weighted by molar-refractivity contribution is 7.00. The summed E-state index contributed by atoms with van der Waals surface area (Å²) in [6.07, 6.45) is 0. The summed E-state index contributed by atoms with van der Waals surface area (Å²) in [5.74, 6) is 0. The Balaban J connectivity index is 0.987. The molecule has 3 heteroatoms. The van der Waals surface area contributed by atoms with E-state index in [4.69, 9.17) is 0 Å². The molecule has 13 aromatic carbocycles. The van der Waals surface area contributed by atoms with Crippen molar-refractivity contribution in [2.24, 2.45) is 0 Å². The second-order valence-electron chi connectivity index (χ2n) is 24.4. The minimum Gasteiger partial charge on any atom is -0.311 e. The van der Waals surface area contributed by atoms with Crippen molar-refractivity contribution in [1.29, 1.82) is 0 Å². The first-order chi connectivity index (χ1) is 42.8.